The van der Waals surface area contributed by atoms with Crippen LogP contribution in [0.5, 0.6) is 0 Å². The Bertz CT molecular complexity index is 550. The van der Waals surface area contributed by atoms with Gasteiger partial charge >= 0.3 is 0 Å². The van der Waals surface area contributed by atoms with Crippen molar-refractivity contribution in [1.29, 1.82) is 0 Å². The molecule has 1 fully saturated rings. The monoisotopic (exact) mass is 271 g/mol. The summed E-state index contributed by atoms with van der Waals surface area (Å²) < 4.78 is 27.5. The molecule has 0 radical (unpaired) electrons. The van der Waals surface area contributed by atoms with Gasteiger partial charge in [0, 0.05) is 32.3 Å². The Kier molecular flexibility index (Phi) is 3.54. The van der Waals surface area contributed by atoms with Crippen molar-refractivity contribution in [2.75, 3.05) is 13.1 Å². The number of nitrogens with zero attached hydrogens (tertiary/aromatic N) is 3. The molecule has 0 N–H and O–H groups in total. The highest BCUT2D eigenvalue weighted by Gasteiger charge is 2.32. The molecule has 18 heavy (non-hydrogen) atoms. The molecule has 1 aliphatic rings. The summed E-state index contributed by atoms with van der Waals surface area (Å²) in [6.07, 6.45) is 4.32. The maximum atomic E-state index is 12.3. The van der Waals surface area contributed by atoms with E-state index < -0.39 is 10.0 Å². The Morgan fingerprint density at radius 1 is 1.50 bits per heavy atom. The van der Waals surface area contributed by atoms with Crippen molar-refractivity contribution in [3.05, 3.63) is 12.4 Å². The van der Waals surface area contributed by atoms with Gasteiger partial charge in [-0.25, -0.2) is 8.42 Å². The summed E-state index contributed by atoms with van der Waals surface area (Å²) in [5.74, 6) is -0.119. The van der Waals surface area contributed by atoms with Crippen LogP contribution < -0.4 is 0 Å². The number of rotatable bonds is 3. The van der Waals surface area contributed by atoms with E-state index in [0.717, 1.165) is 12.8 Å². The first-order valence-electron chi connectivity index (χ1n) is 5.90. The summed E-state index contributed by atoms with van der Waals surface area (Å²) in [6.45, 7) is 2.28. The Morgan fingerprint density at radius 2 is 2.22 bits per heavy atom. The Labute approximate surface area is 107 Å². The second-order valence-corrected chi connectivity index (χ2v) is 6.60. The van der Waals surface area contributed by atoms with Gasteiger partial charge in [-0.1, -0.05) is 0 Å². The zero-order valence-electron chi connectivity index (χ0n) is 10.5. The lowest BCUT2D eigenvalue weighted by Crippen LogP contribution is -2.41. The van der Waals surface area contributed by atoms with Gasteiger partial charge in [-0.15, -0.1) is 0 Å². The van der Waals surface area contributed by atoms with Crippen LogP contribution in [-0.4, -0.2) is 41.4 Å². The summed E-state index contributed by atoms with van der Waals surface area (Å²) in [4.78, 5) is 11.6. The molecule has 2 heterocycles. The predicted octanol–water partition coefficient (Wildman–Crippen LogP) is 0.410. The molecule has 0 aromatic carbocycles. The summed E-state index contributed by atoms with van der Waals surface area (Å²) in [5.41, 5.74) is 0. The van der Waals surface area contributed by atoms with Crippen molar-refractivity contribution in [2.24, 2.45) is 13.0 Å². The smallest absolute Gasteiger partial charge is 0.246 e. The van der Waals surface area contributed by atoms with E-state index in [4.69, 9.17) is 0 Å². The molecule has 1 aromatic rings. The van der Waals surface area contributed by atoms with Gasteiger partial charge in [0.15, 0.2) is 0 Å². The molecule has 0 bridgehead atoms. The van der Waals surface area contributed by atoms with E-state index in [9.17, 15) is 13.2 Å². The molecule has 1 unspecified atom stereocenters. The summed E-state index contributed by atoms with van der Waals surface area (Å²) in [6, 6.07) is 0. The fourth-order valence-corrected chi connectivity index (χ4v) is 3.68. The number of aromatic nitrogens is 2. The first-order valence-corrected chi connectivity index (χ1v) is 7.34. The lowest BCUT2D eigenvalue weighted by molar-refractivity contribution is -0.121. The fourth-order valence-electron chi connectivity index (χ4n) is 2.17. The van der Waals surface area contributed by atoms with Gasteiger partial charge in [0.2, 0.25) is 10.0 Å². The highest BCUT2D eigenvalue weighted by Crippen LogP contribution is 2.23. The van der Waals surface area contributed by atoms with Crippen molar-refractivity contribution >= 4 is 15.8 Å². The third-order valence-corrected chi connectivity index (χ3v) is 5.10. The standard InChI is InChI=1S/C11H17N3O3S/c1-9(15)10-4-3-5-14(7-10)18(16,17)11-6-12-13(2)8-11/h6,8,10H,3-5,7H2,1-2H3. The van der Waals surface area contributed by atoms with E-state index in [1.165, 1.54) is 28.3 Å². The lowest BCUT2D eigenvalue weighted by Gasteiger charge is -2.30. The minimum Gasteiger partial charge on any atom is -0.300 e. The molecule has 0 spiro atoms. The van der Waals surface area contributed by atoms with Crippen molar-refractivity contribution in [3.63, 3.8) is 0 Å². The van der Waals surface area contributed by atoms with Gasteiger partial charge in [-0.2, -0.15) is 9.40 Å². The van der Waals surface area contributed by atoms with E-state index in [1.807, 2.05) is 0 Å². The normalized spacial score (nSPS) is 22.0. The van der Waals surface area contributed by atoms with Gasteiger partial charge in [-0.05, 0) is 19.8 Å². The average Bonchev–Trinajstić information content (AvgIpc) is 2.77. The lowest BCUT2D eigenvalue weighted by atomic mass is 9.96. The number of hydrogen-bond donors (Lipinski definition) is 0. The van der Waals surface area contributed by atoms with Crippen molar-refractivity contribution in [1.82, 2.24) is 14.1 Å². The molecular weight excluding hydrogens is 254 g/mol. The fraction of sp³-hybridized carbons (Fsp3) is 0.636. The molecule has 0 saturated carbocycles. The van der Waals surface area contributed by atoms with Crippen molar-refractivity contribution in [2.45, 2.75) is 24.7 Å². The Hall–Kier alpha value is -1.21. The molecule has 1 atom stereocenters. The van der Waals surface area contributed by atoms with Gasteiger partial charge in [0.05, 0.1) is 6.20 Å². The van der Waals surface area contributed by atoms with Gasteiger partial charge in [0.1, 0.15) is 10.7 Å². The maximum Gasteiger partial charge on any atom is 0.246 e. The minimum atomic E-state index is -3.51. The van der Waals surface area contributed by atoms with E-state index in [0.29, 0.717) is 6.54 Å². The zero-order valence-corrected chi connectivity index (χ0v) is 11.4. The summed E-state index contributed by atoms with van der Waals surface area (Å²) in [5, 5.41) is 3.88. The van der Waals surface area contributed by atoms with Gasteiger partial charge < -0.3 is 0 Å². The number of carbonyl (C=O) groups excluding carboxylic acids is 1. The molecule has 7 heteroatoms. The maximum absolute atomic E-state index is 12.3. The van der Waals surface area contributed by atoms with Gasteiger partial charge in [-0.3, -0.25) is 9.48 Å². The number of hydrogen-bond acceptors (Lipinski definition) is 4. The zero-order chi connectivity index (χ0) is 13.3. The van der Waals surface area contributed by atoms with Crippen LogP contribution in [0.25, 0.3) is 0 Å². The van der Waals surface area contributed by atoms with Crippen LogP contribution in [0, 0.1) is 5.92 Å². The third kappa shape index (κ3) is 2.46. The van der Waals surface area contributed by atoms with Crippen LogP contribution in [0.2, 0.25) is 0 Å². The number of piperidine rings is 1. The molecule has 0 amide bonds. The summed E-state index contributed by atoms with van der Waals surface area (Å²) in [7, 11) is -1.84. The molecule has 100 valence electrons. The van der Waals surface area contributed by atoms with Crippen LogP contribution in [-0.2, 0) is 21.9 Å². The SMILES string of the molecule is CC(=O)C1CCCN(S(=O)(=O)c2cnn(C)c2)C1. The highest BCUT2D eigenvalue weighted by atomic mass is 32.2. The third-order valence-electron chi connectivity index (χ3n) is 3.28. The first-order chi connectivity index (χ1) is 8.41. The van der Waals surface area contributed by atoms with Crippen molar-refractivity contribution < 1.29 is 13.2 Å². The molecular formula is C11H17N3O3S. The quantitative estimate of drug-likeness (QED) is 0.798. The van der Waals surface area contributed by atoms with Crippen LogP contribution in [0.4, 0.5) is 0 Å². The summed E-state index contributed by atoms with van der Waals surface area (Å²) >= 11 is 0. The predicted molar refractivity (Wildman–Crippen MR) is 65.4 cm³/mol. The van der Waals surface area contributed by atoms with Crippen LogP contribution in [0.15, 0.2) is 17.3 Å². The number of Topliss-reactive ketones (excluding diaryl/α,β-unsaturated/α-hetero) is 1. The molecule has 6 nitrogen and oxygen atoms in total. The number of carbonyl (C=O) groups is 1. The molecule has 1 saturated heterocycles. The molecule has 2 rings (SSSR count). The van der Waals surface area contributed by atoms with E-state index in [-0.39, 0.29) is 23.1 Å². The van der Waals surface area contributed by atoms with Crippen LogP contribution >= 0.6 is 0 Å². The molecule has 1 aliphatic heterocycles. The Morgan fingerprint density at radius 3 is 2.78 bits per heavy atom. The number of sulfonamides is 1. The van der Waals surface area contributed by atoms with Crippen LogP contribution in [0.1, 0.15) is 19.8 Å². The Balaban J connectivity index is 2.22. The molecule has 1 aromatic heterocycles. The highest BCUT2D eigenvalue weighted by molar-refractivity contribution is 7.89. The largest absolute Gasteiger partial charge is 0.300 e. The van der Waals surface area contributed by atoms with E-state index >= 15 is 0 Å². The average molecular weight is 271 g/mol. The second-order valence-electron chi connectivity index (χ2n) is 4.66. The van der Waals surface area contributed by atoms with E-state index in [2.05, 4.69) is 5.10 Å². The van der Waals surface area contributed by atoms with E-state index in [1.54, 1.807) is 7.05 Å². The van der Waals surface area contributed by atoms with Gasteiger partial charge in [0.25, 0.3) is 0 Å². The topological polar surface area (TPSA) is 72.3 Å². The van der Waals surface area contributed by atoms with Crippen LogP contribution in [0.3, 0.4) is 0 Å². The van der Waals surface area contributed by atoms with Crippen molar-refractivity contribution in [3.8, 4) is 0 Å². The first kappa shape index (κ1) is 13.2. The minimum absolute atomic E-state index is 0.0566. The molecule has 0 aliphatic carbocycles. The number of ketones is 1. The number of aryl methyl sites for hydroxylation is 1. The second kappa shape index (κ2) is 4.81.